The molecule has 0 N–H and O–H groups in total. The number of benzene rings is 1. The van der Waals surface area contributed by atoms with Gasteiger partial charge in [0.2, 0.25) is 0 Å². The molecule has 3 heterocycles. The zero-order chi connectivity index (χ0) is 16.4. The van der Waals surface area contributed by atoms with Crippen LogP contribution in [0.25, 0.3) is 5.65 Å². The van der Waals surface area contributed by atoms with Crippen molar-refractivity contribution in [1.29, 1.82) is 0 Å². The molecule has 122 valence electrons. The molecule has 1 aliphatic rings. The van der Waals surface area contributed by atoms with Gasteiger partial charge in [0.25, 0.3) is 5.56 Å². The summed E-state index contributed by atoms with van der Waals surface area (Å²) < 4.78 is 1.59. The smallest absolute Gasteiger partial charge is 0.258 e. The van der Waals surface area contributed by atoms with E-state index in [1.807, 2.05) is 18.2 Å². The Hall–Kier alpha value is -2.46. The number of hydrogen-bond donors (Lipinski definition) is 0. The molecule has 0 bridgehead atoms. The summed E-state index contributed by atoms with van der Waals surface area (Å²) in [6.45, 7) is 1.82. The fraction of sp³-hybridized carbons (Fsp3) is 0.300. The number of fused-ring (bicyclic) bond motifs is 1. The summed E-state index contributed by atoms with van der Waals surface area (Å²) in [6.07, 6.45) is 5.25. The molecular formula is C20H21N3O. The minimum Gasteiger partial charge on any atom is -0.294 e. The van der Waals surface area contributed by atoms with E-state index in [-0.39, 0.29) is 5.56 Å². The van der Waals surface area contributed by atoms with Crippen molar-refractivity contribution in [3.63, 3.8) is 0 Å². The zero-order valence-corrected chi connectivity index (χ0v) is 13.6. The molecule has 0 spiro atoms. The Morgan fingerprint density at radius 1 is 1.08 bits per heavy atom. The highest BCUT2D eigenvalue weighted by atomic mass is 16.1. The predicted octanol–water partition coefficient (Wildman–Crippen LogP) is 2.90. The average Bonchev–Trinajstić information content (AvgIpc) is 3.03. The maximum absolute atomic E-state index is 12.3. The van der Waals surface area contributed by atoms with Crippen molar-refractivity contribution >= 4 is 5.65 Å². The number of hydrogen-bond acceptors (Lipinski definition) is 3. The molecule has 4 rings (SSSR count). The van der Waals surface area contributed by atoms with Gasteiger partial charge in [0.15, 0.2) is 0 Å². The molecule has 1 aliphatic heterocycles. The van der Waals surface area contributed by atoms with Crippen LogP contribution in [0.1, 0.15) is 24.1 Å². The van der Waals surface area contributed by atoms with Crippen LogP contribution in [0.3, 0.4) is 0 Å². The first-order valence-electron chi connectivity index (χ1n) is 8.55. The Bertz CT molecular complexity index is 888. The molecule has 1 atom stereocenters. The lowest BCUT2D eigenvalue weighted by molar-refractivity contribution is 0.241. The van der Waals surface area contributed by atoms with Crippen molar-refractivity contribution in [3.8, 4) is 0 Å². The molecular weight excluding hydrogens is 298 g/mol. The fourth-order valence-corrected chi connectivity index (χ4v) is 3.61. The second-order valence-corrected chi connectivity index (χ2v) is 6.47. The molecule has 4 nitrogen and oxygen atoms in total. The van der Waals surface area contributed by atoms with Crippen LogP contribution in [-0.2, 0) is 13.0 Å². The maximum Gasteiger partial charge on any atom is 0.258 e. The van der Waals surface area contributed by atoms with Gasteiger partial charge in [-0.2, -0.15) is 0 Å². The number of rotatable bonds is 4. The van der Waals surface area contributed by atoms with Crippen LogP contribution >= 0.6 is 0 Å². The molecule has 3 aromatic rings. The van der Waals surface area contributed by atoms with E-state index in [1.54, 1.807) is 16.7 Å². The monoisotopic (exact) mass is 319 g/mol. The van der Waals surface area contributed by atoms with Crippen LogP contribution in [0.5, 0.6) is 0 Å². The maximum atomic E-state index is 12.3. The highest BCUT2D eigenvalue weighted by molar-refractivity contribution is 5.38. The summed E-state index contributed by atoms with van der Waals surface area (Å²) in [5.74, 6) is 0. The quantitative estimate of drug-likeness (QED) is 0.742. The Balaban J connectivity index is 1.55. The van der Waals surface area contributed by atoms with Gasteiger partial charge in [-0.05, 0) is 43.5 Å². The second-order valence-electron chi connectivity index (χ2n) is 6.47. The van der Waals surface area contributed by atoms with Crippen LogP contribution in [-0.4, -0.2) is 26.9 Å². The Kier molecular flexibility index (Phi) is 4.13. The third kappa shape index (κ3) is 3.10. The van der Waals surface area contributed by atoms with Gasteiger partial charge in [0, 0.05) is 24.8 Å². The van der Waals surface area contributed by atoms with Crippen molar-refractivity contribution in [2.45, 2.75) is 31.8 Å². The Labute approximate surface area is 141 Å². The number of likely N-dealkylation sites (tertiary alicyclic amines) is 1. The molecule has 0 saturated carbocycles. The van der Waals surface area contributed by atoms with Gasteiger partial charge in [-0.25, -0.2) is 4.98 Å². The van der Waals surface area contributed by atoms with E-state index >= 15 is 0 Å². The normalized spacial score (nSPS) is 18.2. The van der Waals surface area contributed by atoms with Gasteiger partial charge in [-0.1, -0.05) is 36.4 Å². The van der Waals surface area contributed by atoms with E-state index < -0.39 is 0 Å². The summed E-state index contributed by atoms with van der Waals surface area (Å²) in [4.78, 5) is 19.4. The van der Waals surface area contributed by atoms with Gasteiger partial charge in [-0.15, -0.1) is 0 Å². The van der Waals surface area contributed by atoms with Gasteiger partial charge in [0.05, 0.1) is 5.69 Å². The van der Waals surface area contributed by atoms with Crippen LogP contribution in [0.4, 0.5) is 0 Å². The SMILES string of the molecule is O=c1cc(CN2CCCC2Cc2ccccc2)nc2ccccn12. The molecule has 4 heteroatoms. The van der Waals surface area contributed by atoms with E-state index in [4.69, 9.17) is 0 Å². The second kappa shape index (κ2) is 6.57. The molecule has 1 unspecified atom stereocenters. The summed E-state index contributed by atoms with van der Waals surface area (Å²) >= 11 is 0. The summed E-state index contributed by atoms with van der Waals surface area (Å²) in [5.41, 5.74) is 2.96. The van der Waals surface area contributed by atoms with Crippen molar-refractivity contribution in [1.82, 2.24) is 14.3 Å². The first-order valence-corrected chi connectivity index (χ1v) is 8.55. The van der Waals surface area contributed by atoms with Crippen LogP contribution in [0.15, 0.2) is 65.6 Å². The van der Waals surface area contributed by atoms with Gasteiger partial charge >= 0.3 is 0 Å². The highest BCUT2D eigenvalue weighted by Crippen LogP contribution is 2.22. The average molecular weight is 319 g/mol. The van der Waals surface area contributed by atoms with Crippen molar-refractivity contribution in [2.24, 2.45) is 0 Å². The van der Waals surface area contributed by atoms with Crippen LogP contribution < -0.4 is 5.56 Å². The third-order valence-electron chi connectivity index (χ3n) is 4.80. The van der Waals surface area contributed by atoms with E-state index in [0.29, 0.717) is 6.04 Å². The van der Waals surface area contributed by atoms with Crippen molar-refractivity contribution in [3.05, 3.63) is 82.4 Å². The first kappa shape index (κ1) is 15.1. The standard InChI is InChI=1S/C20H21N3O/c24-20-14-17(21-19-10-4-5-12-23(19)20)15-22-11-6-9-18(22)13-16-7-2-1-3-8-16/h1-5,7-8,10,12,14,18H,6,9,11,13,15H2. The third-order valence-corrected chi connectivity index (χ3v) is 4.80. The van der Waals surface area contributed by atoms with Gasteiger partial charge in [-0.3, -0.25) is 14.1 Å². The lowest BCUT2D eigenvalue weighted by Gasteiger charge is -2.24. The minimum absolute atomic E-state index is 0.00518. The summed E-state index contributed by atoms with van der Waals surface area (Å²) in [6, 6.07) is 18.5. The Morgan fingerprint density at radius 2 is 1.92 bits per heavy atom. The zero-order valence-electron chi connectivity index (χ0n) is 13.6. The topological polar surface area (TPSA) is 37.6 Å². The van der Waals surface area contributed by atoms with Crippen molar-refractivity contribution in [2.75, 3.05) is 6.54 Å². The number of nitrogens with zero attached hydrogens (tertiary/aromatic N) is 3. The van der Waals surface area contributed by atoms with E-state index in [2.05, 4.69) is 40.2 Å². The van der Waals surface area contributed by atoms with E-state index in [0.717, 1.165) is 30.9 Å². The fourth-order valence-electron chi connectivity index (χ4n) is 3.61. The van der Waals surface area contributed by atoms with Crippen molar-refractivity contribution < 1.29 is 0 Å². The predicted molar refractivity (Wildman–Crippen MR) is 95.0 cm³/mol. The Morgan fingerprint density at radius 3 is 2.79 bits per heavy atom. The molecule has 0 amide bonds. The molecule has 1 aromatic carbocycles. The first-order chi connectivity index (χ1) is 11.8. The molecule has 0 radical (unpaired) electrons. The summed E-state index contributed by atoms with van der Waals surface area (Å²) in [7, 11) is 0. The van der Waals surface area contributed by atoms with Gasteiger partial charge in [0.1, 0.15) is 5.65 Å². The number of aromatic nitrogens is 2. The molecule has 24 heavy (non-hydrogen) atoms. The molecule has 1 saturated heterocycles. The molecule has 0 aliphatic carbocycles. The summed E-state index contributed by atoms with van der Waals surface area (Å²) in [5, 5.41) is 0. The highest BCUT2D eigenvalue weighted by Gasteiger charge is 2.25. The lowest BCUT2D eigenvalue weighted by Crippen LogP contribution is -2.31. The van der Waals surface area contributed by atoms with Crippen LogP contribution in [0, 0.1) is 0 Å². The van der Waals surface area contributed by atoms with E-state index in [1.165, 1.54) is 18.4 Å². The lowest BCUT2D eigenvalue weighted by atomic mass is 10.0. The van der Waals surface area contributed by atoms with Crippen LogP contribution in [0.2, 0.25) is 0 Å². The number of pyridine rings is 1. The van der Waals surface area contributed by atoms with E-state index in [9.17, 15) is 4.79 Å². The largest absolute Gasteiger partial charge is 0.294 e. The minimum atomic E-state index is -0.00518. The molecule has 1 fully saturated rings. The molecule has 2 aromatic heterocycles. The van der Waals surface area contributed by atoms with Gasteiger partial charge < -0.3 is 0 Å².